The molecule has 6 heteroatoms. The van der Waals surface area contributed by atoms with E-state index in [2.05, 4.69) is 23.5 Å². The molecule has 2 aromatic carbocycles. The minimum atomic E-state index is -3.67. The Labute approximate surface area is 155 Å². The summed E-state index contributed by atoms with van der Waals surface area (Å²) in [6.07, 6.45) is 3.18. The fourth-order valence-corrected chi connectivity index (χ4v) is 3.64. The number of hydrogen-bond donors (Lipinski definition) is 2. The lowest BCUT2D eigenvalue weighted by Gasteiger charge is -2.19. The summed E-state index contributed by atoms with van der Waals surface area (Å²) in [5, 5.41) is 3.00. The van der Waals surface area contributed by atoms with Crippen molar-refractivity contribution in [2.24, 2.45) is 0 Å². The van der Waals surface area contributed by atoms with Gasteiger partial charge in [0, 0.05) is 12.1 Å². The van der Waals surface area contributed by atoms with Crippen LogP contribution in [0.15, 0.2) is 72.1 Å². The van der Waals surface area contributed by atoms with E-state index in [0.29, 0.717) is 5.56 Å². The van der Waals surface area contributed by atoms with E-state index in [4.69, 9.17) is 0 Å². The average molecular weight is 372 g/mol. The van der Waals surface area contributed by atoms with Crippen LogP contribution in [0.25, 0.3) is 0 Å². The van der Waals surface area contributed by atoms with E-state index in [9.17, 15) is 13.2 Å². The monoisotopic (exact) mass is 372 g/mol. The predicted molar refractivity (Wildman–Crippen MR) is 103 cm³/mol. The standard InChI is InChI=1S/C20H24N2O3S/c1-3-9-19(16-10-6-5-7-11-16)22-20(23)17-12-8-13-18(15-17)26(24,25)21-14-4-2/h4-8,10-13,15,19,21H,2-3,9,14H2,1H3,(H,22,23). The van der Waals surface area contributed by atoms with Crippen LogP contribution in [0.4, 0.5) is 0 Å². The van der Waals surface area contributed by atoms with Crippen LogP contribution < -0.4 is 10.0 Å². The van der Waals surface area contributed by atoms with E-state index in [0.717, 1.165) is 18.4 Å². The first-order valence-corrected chi connectivity index (χ1v) is 10.0. The maximum atomic E-state index is 12.7. The van der Waals surface area contributed by atoms with Gasteiger partial charge < -0.3 is 5.32 Å². The highest BCUT2D eigenvalue weighted by Gasteiger charge is 2.18. The summed E-state index contributed by atoms with van der Waals surface area (Å²) < 4.78 is 26.8. The average Bonchev–Trinajstić information content (AvgIpc) is 2.67. The molecule has 0 aliphatic rings. The van der Waals surface area contributed by atoms with Crippen LogP contribution in [-0.2, 0) is 10.0 Å². The van der Waals surface area contributed by atoms with Crippen molar-refractivity contribution in [1.82, 2.24) is 10.0 Å². The van der Waals surface area contributed by atoms with E-state index in [1.54, 1.807) is 12.1 Å². The molecule has 1 atom stereocenters. The Morgan fingerprint density at radius 1 is 1.15 bits per heavy atom. The summed E-state index contributed by atoms with van der Waals surface area (Å²) in [7, 11) is -3.67. The molecule has 2 aromatic rings. The number of rotatable bonds is 9. The highest BCUT2D eigenvalue weighted by molar-refractivity contribution is 7.89. The van der Waals surface area contributed by atoms with Gasteiger partial charge in [-0.2, -0.15) is 0 Å². The van der Waals surface area contributed by atoms with Crippen molar-refractivity contribution in [3.05, 3.63) is 78.4 Å². The van der Waals surface area contributed by atoms with Crippen molar-refractivity contribution in [2.45, 2.75) is 30.7 Å². The number of hydrogen-bond acceptors (Lipinski definition) is 3. The quantitative estimate of drug-likeness (QED) is 0.662. The van der Waals surface area contributed by atoms with Crippen molar-refractivity contribution in [1.29, 1.82) is 0 Å². The van der Waals surface area contributed by atoms with Crippen LogP contribution in [0.3, 0.4) is 0 Å². The molecule has 5 nitrogen and oxygen atoms in total. The molecule has 0 saturated heterocycles. The van der Waals surface area contributed by atoms with Crippen LogP contribution in [0.5, 0.6) is 0 Å². The Morgan fingerprint density at radius 3 is 2.54 bits per heavy atom. The topological polar surface area (TPSA) is 75.3 Å². The summed E-state index contributed by atoms with van der Waals surface area (Å²) in [6, 6.07) is 15.6. The van der Waals surface area contributed by atoms with Gasteiger partial charge in [0.15, 0.2) is 0 Å². The van der Waals surface area contributed by atoms with Gasteiger partial charge in [-0.05, 0) is 30.2 Å². The van der Waals surface area contributed by atoms with Gasteiger partial charge in [0.1, 0.15) is 0 Å². The third-order valence-corrected chi connectivity index (χ3v) is 5.33. The van der Waals surface area contributed by atoms with E-state index in [1.807, 2.05) is 30.3 Å². The number of carbonyl (C=O) groups excluding carboxylic acids is 1. The number of benzene rings is 2. The van der Waals surface area contributed by atoms with E-state index in [1.165, 1.54) is 18.2 Å². The van der Waals surface area contributed by atoms with Gasteiger partial charge in [-0.1, -0.05) is 55.8 Å². The van der Waals surface area contributed by atoms with E-state index < -0.39 is 10.0 Å². The maximum Gasteiger partial charge on any atom is 0.251 e. The third kappa shape index (κ3) is 5.28. The first kappa shape index (κ1) is 19.9. The molecule has 0 radical (unpaired) electrons. The summed E-state index contributed by atoms with van der Waals surface area (Å²) in [4.78, 5) is 12.7. The third-order valence-electron chi connectivity index (χ3n) is 3.91. The molecule has 138 valence electrons. The fraction of sp³-hybridized carbons (Fsp3) is 0.250. The summed E-state index contributed by atoms with van der Waals surface area (Å²) in [5.74, 6) is -0.298. The van der Waals surface area contributed by atoms with Gasteiger partial charge in [-0.15, -0.1) is 6.58 Å². The Morgan fingerprint density at radius 2 is 1.88 bits per heavy atom. The van der Waals surface area contributed by atoms with Crippen molar-refractivity contribution in [3.8, 4) is 0 Å². The lowest BCUT2D eigenvalue weighted by Crippen LogP contribution is -2.29. The van der Waals surface area contributed by atoms with Gasteiger partial charge >= 0.3 is 0 Å². The largest absolute Gasteiger partial charge is 0.345 e. The highest BCUT2D eigenvalue weighted by Crippen LogP contribution is 2.19. The normalized spacial score (nSPS) is 12.3. The van der Waals surface area contributed by atoms with Gasteiger partial charge in [0.2, 0.25) is 10.0 Å². The minimum Gasteiger partial charge on any atom is -0.345 e. The smallest absolute Gasteiger partial charge is 0.251 e. The molecule has 0 fully saturated rings. The zero-order chi connectivity index (χ0) is 19.0. The van der Waals surface area contributed by atoms with Crippen LogP contribution in [0, 0.1) is 0 Å². The Hall–Kier alpha value is -2.44. The molecule has 0 spiro atoms. The molecule has 2 N–H and O–H groups in total. The summed E-state index contributed by atoms with van der Waals surface area (Å²) >= 11 is 0. The minimum absolute atomic E-state index is 0.0544. The number of amides is 1. The summed E-state index contributed by atoms with van der Waals surface area (Å²) in [5.41, 5.74) is 1.34. The van der Waals surface area contributed by atoms with Crippen molar-refractivity contribution in [2.75, 3.05) is 6.54 Å². The van der Waals surface area contributed by atoms with Crippen LogP contribution in [0.2, 0.25) is 0 Å². The molecule has 0 saturated carbocycles. The summed E-state index contributed by atoms with van der Waals surface area (Å²) in [6.45, 7) is 5.68. The molecular weight excluding hydrogens is 348 g/mol. The zero-order valence-corrected chi connectivity index (χ0v) is 15.6. The second kappa shape index (κ2) is 9.31. The van der Waals surface area contributed by atoms with Crippen LogP contribution >= 0.6 is 0 Å². The fourth-order valence-electron chi connectivity index (χ4n) is 2.59. The SMILES string of the molecule is C=CCNS(=O)(=O)c1cccc(C(=O)NC(CCC)c2ccccc2)c1. The van der Waals surface area contributed by atoms with Crippen molar-refractivity contribution < 1.29 is 13.2 Å². The number of carbonyl (C=O) groups is 1. The molecule has 0 aliphatic carbocycles. The second-order valence-electron chi connectivity index (χ2n) is 5.89. The van der Waals surface area contributed by atoms with Gasteiger partial charge in [-0.25, -0.2) is 13.1 Å². The molecule has 26 heavy (non-hydrogen) atoms. The second-order valence-corrected chi connectivity index (χ2v) is 7.66. The molecule has 1 amide bonds. The van der Waals surface area contributed by atoms with E-state index >= 15 is 0 Å². The molecule has 1 unspecified atom stereocenters. The lowest BCUT2D eigenvalue weighted by atomic mass is 10.0. The first-order valence-electron chi connectivity index (χ1n) is 8.54. The molecule has 2 rings (SSSR count). The number of nitrogens with one attached hydrogen (secondary N) is 2. The maximum absolute atomic E-state index is 12.7. The van der Waals surface area contributed by atoms with Crippen molar-refractivity contribution in [3.63, 3.8) is 0 Å². The van der Waals surface area contributed by atoms with Gasteiger partial charge in [0.25, 0.3) is 5.91 Å². The highest BCUT2D eigenvalue weighted by atomic mass is 32.2. The Balaban J connectivity index is 2.21. The zero-order valence-electron chi connectivity index (χ0n) is 14.8. The molecule has 0 bridgehead atoms. The molecule has 0 aliphatic heterocycles. The molecular formula is C20H24N2O3S. The van der Waals surface area contributed by atoms with Crippen LogP contribution in [-0.4, -0.2) is 20.9 Å². The van der Waals surface area contributed by atoms with Gasteiger partial charge in [0.05, 0.1) is 10.9 Å². The first-order chi connectivity index (χ1) is 12.5. The predicted octanol–water partition coefficient (Wildman–Crippen LogP) is 3.42. The van der Waals surface area contributed by atoms with Crippen molar-refractivity contribution >= 4 is 15.9 Å². The molecule has 0 heterocycles. The van der Waals surface area contributed by atoms with Crippen LogP contribution in [0.1, 0.15) is 41.7 Å². The lowest BCUT2D eigenvalue weighted by molar-refractivity contribution is 0.0934. The van der Waals surface area contributed by atoms with E-state index in [-0.39, 0.29) is 23.4 Å². The Bertz CT molecular complexity index is 848. The number of sulfonamides is 1. The van der Waals surface area contributed by atoms with Gasteiger partial charge in [-0.3, -0.25) is 4.79 Å². The molecule has 0 aromatic heterocycles. The Kier molecular flexibility index (Phi) is 7.12.